The van der Waals surface area contributed by atoms with Crippen molar-refractivity contribution in [2.75, 3.05) is 5.73 Å². The van der Waals surface area contributed by atoms with Crippen LogP contribution in [0, 0.1) is 17.7 Å². The standard InChI is InChI=1S/C24H25FN4O2S/c25-20-12-17(9-10-19(20)22-13-28-24(26)14-27-22)18-3-1-2-4-23(18)32(30,31)29-21-11-15-5-7-16(21)8-6-15/h1-4,9-10,12-16,21,29H,5-8,11H2,(H2,26,28). The van der Waals surface area contributed by atoms with E-state index in [0.29, 0.717) is 28.7 Å². The zero-order chi connectivity index (χ0) is 22.3. The number of rotatable bonds is 5. The molecule has 2 bridgehead atoms. The number of fused-ring (bicyclic) bond motifs is 3. The molecular weight excluding hydrogens is 427 g/mol. The molecule has 1 unspecified atom stereocenters. The number of benzene rings is 2. The lowest BCUT2D eigenvalue weighted by atomic mass is 9.68. The van der Waals surface area contributed by atoms with Crippen molar-refractivity contribution in [3.63, 3.8) is 0 Å². The van der Waals surface area contributed by atoms with Crippen LogP contribution in [-0.2, 0) is 10.0 Å². The minimum Gasteiger partial charge on any atom is -0.382 e. The van der Waals surface area contributed by atoms with Gasteiger partial charge >= 0.3 is 0 Å². The quantitative estimate of drug-likeness (QED) is 0.598. The summed E-state index contributed by atoms with van der Waals surface area (Å²) in [5.41, 5.74) is 7.15. The van der Waals surface area contributed by atoms with Crippen molar-refractivity contribution in [3.05, 3.63) is 60.7 Å². The highest BCUT2D eigenvalue weighted by molar-refractivity contribution is 7.89. The van der Waals surface area contributed by atoms with Crippen LogP contribution in [0.5, 0.6) is 0 Å². The molecule has 1 atom stereocenters. The van der Waals surface area contributed by atoms with Crippen LogP contribution in [0.2, 0.25) is 0 Å². The summed E-state index contributed by atoms with van der Waals surface area (Å²) in [5.74, 6) is 0.760. The number of sulfonamides is 1. The molecule has 1 aromatic heterocycles. The second-order valence-electron chi connectivity index (χ2n) is 8.76. The minimum atomic E-state index is -3.75. The fraction of sp³-hybridized carbons (Fsp3) is 0.333. The molecule has 0 radical (unpaired) electrons. The maximum atomic E-state index is 15.0. The first-order valence-corrected chi connectivity index (χ1v) is 12.4. The van der Waals surface area contributed by atoms with E-state index in [2.05, 4.69) is 14.7 Å². The highest BCUT2D eigenvalue weighted by atomic mass is 32.2. The van der Waals surface area contributed by atoms with Crippen molar-refractivity contribution in [2.24, 2.45) is 11.8 Å². The number of hydrogen-bond acceptors (Lipinski definition) is 5. The maximum Gasteiger partial charge on any atom is 0.241 e. The smallest absolute Gasteiger partial charge is 0.241 e. The van der Waals surface area contributed by atoms with E-state index in [4.69, 9.17) is 5.73 Å². The molecule has 6 rings (SSSR count). The lowest BCUT2D eigenvalue weighted by molar-refractivity contribution is 0.138. The van der Waals surface area contributed by atoms with E-state index in [0.717, 1.165) is 19.3 Å². The Hall–Kier alpha value is -2.84. The molecule has 166 valence electrons. The molecule has 3 N–H and O–H groups in total. The molecule has 3 fully saturated rings. The second-order valence-corrected chi connectivity index (χ2v) is 10.4. The molecule has 3 aliphatic rings. The van der Waals surface area contributed by atoms with E-state index in [1.165, 1.54) is 31.3 Å². The fourth-order valence-electron chi connectivity index (χ4n) is 5.09. The number of nitrogen functional groups attached to an aromatic ring is 1. The zero-order valence-electron chi connectivity index (χ0n) is 17.5. The number of nitrogens with two attached hydrogens (primary N) is 1. The average Bonchev–Trinajstić information content (AvgIpc) is 2.80. The molecular formula is C24H25FN4O2S. The molecule has 0 saturated heterocycles. The molecule has 0 amide bonds. The largest absolute Gasteiger partial charge is 0.382 e. The highest BCUT2D eigenvalue weighted by Gasteiger charge is 2.38. The van der Waals surface area contributed by atoms with Gasteiger partial charge in [-0.1, -0.05) is 37.1 Å². The van der Waals surface area contributed by atoms with E-state index in [-0.39, 0.29) is 22.3 Å². The van der Waals surface area contributed by atoms with Crippen molar-refractivity contribution in [1.29, 1.82) is 0 Å². The van der Waals surface area contributed by atoms with Crippen molar-refractivity contribution < 1.29 is 12.8 Å². The molecule has 3 aliphatic carbocycles. The zero-order valence-corrected chi connectivity index (χ0v) is 18.4. The first-order valence-electron chi connectivity index (χ1n) is 10.9. The molecule has 32 heavy (non-hydrogen) atoms. The van der Waals surface area contributed by atoms with Gasteiger partial charge in [0.2, 0.25) is 10.0 Å². The molecule has 2 aromatic carbocycles. The predicted molar refractivity (Wildman–Crippen MR) is 121 cm³/mol. The monoisotopic (exact) mass is 452 g/mol. The van der Waals surface area contributed by atoms with Gasteiger partial charge in [-0.05, 0) is 54.9 Å². The van der Waals surface area contributed by atoms with Gasteiger partial charge in [-0.15, -0.1) is 0 Å². The summed E-state index contributed by atoms with van der Waals surface area (Å²) in [6.07, 6.45) is 8.24. The van der Waals surface area contributed by atoms with Gasteiger partial charge in [0, 0.05) is 17.2 Å². The Morgan fingerprint density at radius 1 is 0.969 bits per heavy atom. The summed E-state index contributed by atoms with van der Waals surface area (Å²) < 4.78 is 44.6. The van der Waals surface area contributed by atoms with Gasteiger partial charge < -0.3 is 5.73 Å². The van der Waals surface area contributed by atoms with Gasteiger partial charge in [0.15, 0.2) is 0 Å². The number of nitrogens with one attached hydrogen (secondary N) is 1. The van der Waals surface area contributed by atoms with Crippen LogP contribution >= 0.6 is 0 Å². The van der Waals surface area contributed by atoms with Crippen molar-refractivity contribution in [1.82, 2.24) is 14.7 Å². The summed E-state index contributed by atoms with van der Waals surface area (Å²) >= 11 is 0. The molecule has 0 spiro atoms. The average molecular weight is 453 g/mol. The molecule has 0 aliphatic heterocycles. The number of hydrogen-bond donors (Lipinski definition) is 2. The first-order chi connectivity index (χ1) is 15.4. The maximum absolute atomic E-state index is 15.0. The number of nitrogens with zero attached hydrogens (tertiary/aromatic N) is 2. The van der Waals surface area contributed by atoms with Crippen LogP contribution < -0.4 is 10.5 Å². The van der Waals surface area contributed by atoms with E-state index < -0.39 is 15.8 Å². The third kappa shape index (κ3) is 4.00. The van der Waals surface area contributed by atoms with Crippen LogP contribution in [0.1, 0.15) is 32.1 Å². The van der Waals surface area contributed by atoms with E-state index in [1.807, 2.05) is 0 Å². The van der Waals surface area contributed by atoms with E-state index >= 15 is 0 Å². The van der Waals surface area contributed by atoms with Gasteiger partial charge in [-0.3, -0.25) is 4.98 Å². The summed E-state index contributed by atoms with van der Waals surface area (Å²) in [6, 6.07) is 11.3. The van der Waals surface area contributed by atoms with E-state index in [1.54, 1.807) is 36.4 Å². The Kier molecular flexibility index (Phi) is 5.43. The first kappa shape index (κ1) is 21.0. The molecule has 3 aromatic rings. The Balaban J connectivity index is 1.46. The number of halogens is 1. The van der Waals surface area contributed by atoms with E-state index in [9.17, 15) is 12.8 Å². The summed E-state index contributed by atoms with van der Waals surface area (Å²) in [5, 5.41) is 0. The molecule has 1 heterocycles. The molecule has 3 saturated carbocycles. The van der Waals surface area contributed by atoms with Gasteiger partial charge in [0.1, 0.15) is 11.6 Å². The summed E-state index contributed by atoms with van der Waals surface area (Å²) in [6.45, 7) is 0. The summed E-state index contributed by atoms with van der Waals surface area (Å²) in [4.78, 5) is 8.24. The third-order valence-corrected chi connectivity index (χ3v) is 8.31. The third-order valence-electron chi connectivity index (χ3n) is 6.76. The molecule has 6 nitrogen and oxygen atoms in total. The van der Waals surface area contributed by atoms with Gasteiger partial charge in [0.05, 0.1) is 23.0 Å². The number of anilines is 1. The Morgan fingerprint density at radius 3 is 2.41 bits per heavy atom. The van der Waals surface area contributed by atoms with Crippen molar-refractivity contribution >= 4 is 15.8 Å². The Morgan fingerprint density at radius 2 is 1.75 bits per heavy atom. The van der Waals surface area contributed by atoms with Gasteiger partial charge in [-0.2, -0.15) is 0 Å². The summed E-state index contributed by atoms with van der Waals surface area (Å²) in [7, 11) is -3.75. The SMILES string of the molecule is Nc1cnc(-c2ccc(-c3ccccc3S(=O)(=O)NC3CC4CCC3CC4)cc2F)cn1. The van der Waals surface area contributed by atoms with Crippen LogP contribution in [0.4, 0.5) is 10.2 Å². The van der Waals surface area contributed by atoms with Crippen LogP contribution in [0.3, 0.4) is 0 Å². The van der Waals surface area contributed by atoms with Crippen LogP contribution in [0.25, 0.3) is 22.4 Å². The topological polar surface area (TPSA) is 98.0 Å². The predicted octanol–water partition coefficient (Wildman–Crippen LogP) is 4.39. The normalized spacial score (nSPS) is 22.7. The van der Waals surface area contributed by atoms with Crippen LogP contribution in [-0.4, -0.2) is 24.4 Å². The lowest BCUT2D eigenvalue weighted by Gasteiger charge is -2.42. The van der Waals surface area contributed by atoms with Crippen LogP contribution in [0.15, 0.2) is 59.8 Å². The lowest BCUT2D eigenvalue weighted by Crippen LogP contribution is -2.47. The minimum absolute atomic E-state index is 0.0243. The van der Waals surface area contributed by atoms with Crippen molar-refractivity contribution in [2.45, 2.75) is 43.0 Å². The highest BCUT2D eigenvalue weighted by Crippen LogP contribution is 2.42. The Labute approximate surface area is 187 Å². The van der Waals surface area contributed by atoms with Crippen molar-refractivity contribution in [3.8, 4) is 22.4 Å². The number of aromatic nitrogens is 2. The second kappa shape index (κ2) is 8.26. The molecule has 8 heteroatoms. The van der Waals surface area contributed by atoms with Gasteiger partial charge in [0.25, 0.3) is 0 Å². The Bertz CT molecular complexity index is 1240. The fourth-order valence-corrected chi connectivity index (χ4v) is 6.64. The van der Waals surface area contributed by atoms with Gasteiger partial charge in [-0.25, -0.2) is 22.5 Å².